The first kappa shape index (κ1) is 8.52. The van der Waals surface area contributed by atoms with Gasteiger partial charge in [-0.15, -0.1) is 0 Å². The quantitative estimate of drug-likeness (QED) is 0.608. The highest BCUT2D eigenvalue weighted by Gasteiger charge is 2.04. The molecule has 0 aromatic heterocycles. The summed E-state index contributed by atoms with van der Waals surface area (Å²) < 4.78 is 12.6. The first-order valence-corrected chi connectivity index (χ1v) is 3.42. The van der Waals surface area contributed by atoms with E-state index >= 15 is 0 Å². The maximum absolute atomic E-state index is 12.6. The zero-order valence-electron chi connectivity index (χ0n) is 6.60. The van der Waals surface area contributed by atoms with Gasteiger partial charge in [0.15, 0.2) is 0 Å². The number of nitrogens with two attached hydrogens (primary N) is 1. The van der Waals surface area contributed by atoms with Gasteiger partial charge in [0.1, 0.15) is 5.82 Å². The monoisotopic (exact) mass is 168 g/mol. The average molecular weight is 168 g/mol. The number of carbonyl (C=O) groups is 1. The molecule has 12 heavy (non-hydrogen) atoms. The molecule has 0 aliphatic carbocycles. The summed E-state index contributed by atoms with van der Waals surface area (Å²) in [6.45, 7) is 0. The van der Waals surface area contributed by atoms with Gasteiger partial charge in [-0.3, -0.25) is 4.79 Å². The van der Waals surface area contributed by atoms with Crippen molar-refractivity contribution in [2.75, 3.05) is 12.8 Å². The van der Waals surface area contributed by atoms with Crippen LogP contribution >= 0.6 is 0 Å². The largest absolute Gasteiger partial charge is 0.396 e. The minimum Gasteiger partial charge on any atom is -0.396 e. The van der Waals surface area contributed by atoms with E-state index in [-0.39, 0.29) is 11.6 Å². The van der Waals surface area contributed by atoms with Crippen LogP contribution in [0.4, 0.5) is 10.1 Å². The molecule has 4 heteroatoms. The summed E-state index contributed by atoms with van der Waals surface area (Å²) in [6, 6.07) is 3.85. The molecule has 3 N–H and O–H groups in total. The second-order valence-corrected chi connectivity index (χ2v) is 2.32. The van der Waals surface area contributed by atoms with Gasteiger partial charge in [0.05, 0.1) is 5.69 Å². The summed E-state index contributed by atoms with van der Waals surface area (Å²) in [5, 5.41) is 2.41. The molecule has 0 aliphatic rings. The first-order valence-electron chi connectivity index (χ1n) is 3.42. The second-order valence-electron chi connectivity index (χ2n) is 2.32. The van der Waals surface area contributed by atoms with Gasteiger partial charge >= 0.3 is 0 Å². The molecule has 0 unspecified atom stereocenters. The Hall–Kier alpha value is -1.58. The van der Waals surface area contributed by atoms with Crippen LogP contribution in [0.15, 0.2) is 18.2 Å². The lowest BCUT2D eigenvalue weighted by molar-refractivity contribution is 0.0963. The molecular formula is C8H9FN2O. The number of nitrogen functional groups attached to an aromatic ring is 1. The van der Waals surface area contributed by atoms with Gasteiger partial charge in [0, 0.05) is 12.6 Å². The molecule has 0 heterocycles. The maximum Gasteiger partial charge on any atom is 0.251 e. The smallest absolute Gasteiger partial charge is 0.251 e. The number of amides is 1. The second kappa shape index (κ2) is 3.21. The molecule has 0 spiro atoms. The number of hydrogen-bond acceptors (Lipinski definition) is 2. The highest BCUT2D eigenvalue weighted by Crippen LogP contribution is 2.11. The maximum atomic E-state index is 12.6. The highest BCUT2D eigenvalue weighted by atomic mass is 19.1. The van der Waals surface area contributed by atoms with E-state index in [9.17, 15) is 9.18 Å². The molecule has 0 saturated heterocycles. The topological polar surface area (TPSA) is 55.1 Å². The predicted octanol–water partition coefficient (Wildman–Crippen LogP) is 0.768. The molecule has 64 valence electrons. The zero-order valence-corrected chi connectivity index (χ0v) is 6.60. The Kier molecular flexibility index (Phi) is 2.28. The van der Waals surface area contributed by atoms with E-state index in [0.717, 1.165) is 0 Å². The van der Waals surface area contributed by atoms with Crippen LogP contribution in [0.2, 0.25) is 0 Å². The van der Waals surface area contributed by atoms with Crippen LogP contribution in [0.25, 0.3) is 0 Å². The van der Waals surface area contributed by atoms with Crippen molar-refractivity contribution >= 4 is 11.6 Å². The van der Waals surface area contributed by atoms with Crippen LogP contribution in [0.3, 0.4) is 0 Å². The number of carbonyl (C=O) groups excluding carboxylic acids is 1. The van der Waals surface area contributed by atoms with Crippen molar-refractivity contribution in [3.05, 3.63) is 29.6 Å². The molecule has 0 radical (unpaired) electrons. The lowest BCUT2D eigenvalue weighted by Gasteiger charge is -2.00. The fourth-order valence-electron chi connectivity index (χ4n) is 0.829. The van der Waals surface area contributed by atoms with Crippen LogP contribution in [-0.4, -0.2) is 13.0 Å². The standard InChI is InChI=1S/C8H9FN2O/c1-11-8(12)5-2-3-6(9)7(10)4-5/h2-4H,10H2,1H3,(H,11,12). The van der Waals surface area contributed by atoms with E-state index in [1.54, 1.807) is 0 Å². The summed E-state index contributed by atoms with van der Waals surface area (Å²) in [6.07, 6.45) is 0. The van der Waals surface area contributed by atoms with E-state index in [4.69, 9.17) is 5.73 Å². The first-order chi connectivity index (χ1) is 5.65. The Morgan fingerprint density at radius 3 is 2.75 bits per heavy atom. The number of halogens is 1. The lowest BCUT2D eigenvalue weighted by Crippen LogP contribution is -2.17. The van der Waals surface area contributed by atoms with Crippen molar-refractivity contribution in [2.45, 2.75) is 0 Å². The average Bonchev–Trinajstić information content (AvgIpc) is 2.08. The minimum atomic E-state index is -0.511. The van der Waals surface area contributed by atoms with E-state index in [2.05, 4.69) is 5.32 Å². The molecule has 1 amide bonds. The lowest BCUT2D eigenvalue weighted by atomic mass is 10.2. The highest BCUT2D eigenvalue weighted by molar-refractivity contribution is 5.94. The Balaban J connectivity index is 3.05. The number of anilines is 1. The molecule has 0 saturated carbocycles. The summed E-state index contributed by atoms with van der Waals surface area (Å²) in [7, 11) is 1.50. The molecule has 0 bridgehead atoms. The third-order valence-corrected chi connectivity index (χ3v) is 1.49. The summed E-state index contributed by atoms with van der Waals surface area (Å²) in [5.41, 5.74) is 5.60. The van der Waals surface area contributed by atoms with Crippen molar-refractivity contribution in [1.29, 1.82) is 0 Å². The minimum absolute atomic E-state index is 0.0175. The van der Waals surface area contributed by atoms with Crippen molar-refractivity contribution in [3.63, 3.8) is 0 Å². The van der Waals surface area contributed by atoms with Crippen molar-refractivity contribution < 1.29 is 9.18 Å². The van der Waals surface area contributed by atoms with Gasteiger partial charge in [-0.1, -0.05) is 0 Å². The summed E-state index contributed by atoms with van der Waals surface area (Å²) in [5.74, 6) is -0.788. The van der Waals surface area contributed by atoms with Crippen LogP contribution < -0.4 is 11.1 Å². The Labute approximate surface area is 69.4 Å². The fourth-order valence-corrected chi connectivity index (χ4v) is 0.829. The molecular weight excluding hydrogens is 159 g/mol. The molecule has 1 aromatic carbocycles. The van der Waals surface area contributed by atoms with Crippen molar-refractivity contribution in [1.82, 2.24) is 5.32 Å². The van der Waals surface area contributed by atoms with Crippen molar-refractivity contribution in [3.8, 4) is 0 Å². The van der Waals surface area contributed by atoms with E-state index in [1.165, 1.54) is 25.2 Å². The summed E-state index contributed by atoms with van der Waals surface area (Å²) in [4.78, 5) is 11.0. The number of benzene rings is 1. The van der Waals surface area contributed by atoms with Gasteiger partial charge in [-0.25, -0.2) is 4.39 Å². The zero-order chi connectivity index (χ0) is 9.14. The fraction of sp³-hybridized carbons (Fsp3) is 0.125. The molecule has 0 atom stereocenters. The van der Waals surface area contributed by atoms with Gasteiger partial charge < -0.3 is 11.1 Å². The molecule has 1 rings (SSSR count). The van der Waals surface area contributed by atoms with Gasteiger partial charge in [-0.05, 0) is 18.2 Å². The van der Waals surface area contributed by atoms with E-state index < -0.39 is 5.82 Å². The third-order valence-electron chi connectivity index (χ3n) is 1.49. The molecule has 0 aliphatic heterocycles. The van der Waals surface area contributed by atoms with Crippen LogP contribution in [0.5, 0.6) is 0 Å². The third kappa shape index (κ3) is 1.53. The number of rotatable bonds is 1. The molecule has 1 aromatic rings. The SMILES string of the molecule is CNC(=O)c1ccc(F)c(N)c1. The van der Waals surface area contributed by atoms with Gasteiger partial charge in [0.25, 0.3) is 5.91 Å². The Morgan fingerprint density at radius 2 is 2.25 bits per heavy atom. The van der Waals surface area contributed by atoms with Crippen molar-refractivity contribution in [2.24, 2.45) is 0 Å². The molecule has 3 nitrogen and oxygen atoms in total. The van der Waals surface area contributed by atoms with Crippen LogP contribution in [-0.2, 0) is 0 Å². The Morgan fingerprint density at radius 1 is 1.58 bits per heavy atom. The molecule has 0 fully saturated rings. The van der Waals surface area contributed by atoms with Crippen LogP contribution in [0.1, 0.15) is 10.4 Å². The van der Waals surface area contributed by atoms with E-state index in [1.807, 2.05) is 0 Å². The van der Waals surface area contributed by atoms with Crippen LogP contribution in [0, 0.1) is 5.82 Å². The number of nitrogens with one attached hydrogen (secondary N) is 1. The Bertz CT molecular complexity index is 312. The van der Waals surface area contributed by atoms with Gasteiger partial charge in [-0.2, -0.15) is 0 Å². The normalized spacial score (nSPS) is 9.50. The predicted molar refractivity (Wildman–Crippen MR) is 44.2 cm³/mol. The number of hydrogen-bond donors (Lipinski definition) is 2. The summed E-state index contributed by atoms with van der Waals surface area (Å²) >= 11 is 0. The van der Waals surface area contributed by atoms with E-state index in [0.29, 0.717) is 5.56 Å². The van der Waals surface area contributed by atoms with Gasteiger partial charge in [0.2, 0.25) is 0 Å².